The van der Waals surface area contributed by atoms with Crippen molar-refractivity contribution in [1.82, 2.24) is 14.9 Å². The van der Waals surface area contributed by atoms with E-state index in [9.17, 15) is 5.11 Å². The number of thioether (sulfide) groups is 2. The normalized spacial score (nSPS) is 14.8. The number of benzene rings is 2. The molecule has 0 saturated heterocycles. The third-order valence-electron chi connectivity index (χ3n) is 7.29. The number of aromatic nitrogens is 2. The molecule has 0 amide bonds. The zero-order valence-corrected chi connectivity index (χ0v) is 27.7. The van der Waals surface area contributed by atoms with Gasteiger partial charge in [-0.2, -0.15) is 0 Å². The Balaban J connectivity index is 1.84. The summed E-state index contributed by atoms with van der Waals surface area (Å²) in [5.74, 6) is 2.88. The lowest BCUT2D eigenvalue weighted by Crippen LogP contribution is -2.38. The van der Waals surface area contributed by atoms with Gasteiger partial charge in [0.25, 0.3) is 0 Å². The fourth-order valence-corrected chi connectivity index (χ4v) is 7.18. The van der Waals surface area contributed by atoms with Crippen molar-refractivity contribution in [3.05, 3.63) is 75.8 Å². The molecular formula is C32H36BrN3O4S2. The summed E-state index contributed by atoms with van der Waals surface area (Å²) in [5.41, 5.74) is 1.78. The number of ether oxygens (including phenoxy) is 3. The molecule has 0 radical (unpaired) electrons. The molecular weight excluding hydrogens is 634 g/mol. The van der Waals surface area contributed by atoms with Crippen molar-refractivity contribution in [2.24, 2.45) is 0 Å². The molecule has 5 rings (SSSR count). The van der Waals surface area contributed by atoms with Crippen molar-refractivity contribution in [3.63, 3.8) is 0 Å². The maximum Gasteiger partial charge on any atom is 0.231 e. The zero-order valence-electron chi connectivity index (χ0n) is 24.5. The molecule has 222 valence electrons. The minimum absolute atomic E-state index is 0.124. The van der Waals surface area contributed by atoms with E-state index in [1.54, 1.807) is 30.6 Å². The number of hydrogen-bond acceptors (Lipinski definition) is 9. The fourth-order valence-electron chi connectivity index (χ4n) is 5.40. The molecule has 1 aliphatic heterocycles. The molecule has 2 aromatic heterocycles. The van der Waals surface area contributed by atoms with Crippen molar-refractivity contribution in [2.45, 2.75) is 41.8 Å². The van der Waals surface area contributed by atoms with E-state index in [2.05, 4.69) is 40.7 Å². The van der Waals surface area contributed by atoms with Gasteiger partial charge in [-0.15, -0.1) is 23.5 Å². The second-order valence-corrected chi connectivity index (χ2v) is 13.8. The predicted octanol–water partition coefficient (Wildman–Crippen LogP) is 7.33. The molecule has 3 heterocycles. The second-order valence-electron chi connectivity index (χ2n) is 10.3. The van der Waals surface area contributed by atoms with Crippen LogP contribution in [0.1, 0.15) is 42.9 Å². The molecule has 0 saturated carbocycles. The summed E-state index contributed by atoms with van der Waals surface area (Å²) in [5, 5.41) is 16.0. The number of pyridine rings is 2. The Bertz CT molecular complexity index is 1550. The highest BCUT2D eigenvalue weighted by molar-refractivity contribution is 9.10. The average Bonchev–Trinajstić information content (AvgIpc) is 3.46. The van der Waals surface area contributed by atoms with Crippen molar-refractivity contribution in [2.75, 3.05) is 46.0 Å². The van der Waals surface area contributed by atoms with Crippen molar-refractivity contribution >= 4 is 50.4 Å². The van der Waals surface area contributed by atoms with Crippen molar-refractivity contribution in [1.29, 1.82) is 0 Å². The number of methoxy groups -OCH3 is 1. The van der Waals surface area contributed by atoms with Crippen LogP contribution in [-0.2, 0) is 5.60 Å². The average molecular weight is 671 g/mol. The Morgan fingerprint density at radius 3 is 2.40 bits per heavy atom. The molecule has 7 nitrogen and oxygen atoms in total. The largest absolute Gasteiger partial charge is 0.481 e. The minimum Gasteiger partial charge on any atom is -0.481 e. The third kappa shape index (κ3) is 6.38. The van der Waals surface area contributed by atoms with Gasteiger partial charge >= 0.3 is 0 Å². The van der Waals surface area contributed by atoms with Crippen LogP contribution < -0.4 is 14.2 Å². The van der Waals surface area contributed by atoms with E-state index in [0.29, 0.717) is 30.3 Å². The summed E-state index contributed by atoms with van der Waals surface area (Å²) in [4.78, 5) is 11.9. The summed E-state index contributed by atoms with van der Waals surface area (Å²) in [6.07, 6.45) is 0.436. The van der Waals surface area contributed by atoms with Crippen LogP contribution in [0.25, 0.3) is 10.9 Å². The van der Waals surface area contributed by atoms with E-state index in [-0.39, 0.29) is 6.79 Å². The van der Waals surface area contributed by atoms with Crippen LogP contribution in [0.2, 0.25) is 0 Å². The Kier molecular flexibility index (Phi) is 9.89. The summed E-state index contributed by atoms with van der Waals surface area (Å²) >= 11 is 6.96. The molecule has 0 fully saturated rings. The first kappa shape index (κ1) is 30.9. The predicted molar refractivity (Wildman–Crippen MR) is 175 cm³/mol. The highest BCUT2D eigenvalue weighted by Crippen LogP contribution is 2.52. The van der Waals surface area contributed by atoms with Crippen LogP contribution in [0.3, 0.4) is 0 Å². The summed E-state index contributed by atoms with van der Waals surface area (Å²) in [6, 6.07) is 18.0. The molecule has 4 aromatic rings. The third-order valence-corrected chi connectivity index (χ3v) is 9.37. The lowest BCUT2D eigenvalue weighted by molar-refractivity contribution is 0.00259. The fraction of sp³-hybridized carbons (Fsp3) is 0.375. The van der Waals surface area contributed by atoms with Gasteiger partial charge in [0, 0.05) is 27.5 Å². The van der Waals surface area contributed by atoms with Gasteiger partial charge < -0.3 is 24.2 Å². The molecule has 1 N–H and O–H groups in total. The molecule has 2 atom stereocenters. The maximum atomic E-state index is 13.3. The number of halogens is 1. The van der Waals surface area contributed by atoms with Crippen LogP contribution in [0.5, 0.6) is 17.4 Å². The van der Waals surface area contributed by atoms with Crippen LogP contribution in [0, 0.1) is 0 Å². The highest BCUT2D eigenvalue weighted by Gasteiger charge is 2.45. The van der Waals surface area contributed by atoms with Crippen LogP contribution in [0.15, 0.2) is 69.1 Å². The topological polar surface area (TPSA) is 76.9 Å². The first-order valence-electron chi connectivity index (χ1n) is 13.9. The second kappa shape index (κ2) is 13.4. The summed E-state index contributed by atoms with van der Waals surface area (Å²) < 4.78 is 18.8. The monoisotopic (exact) mass is 669 g/mol. The van der Waals surface area contributed by atoms with E-state index < -0.39 is 11.5 Å². The molecule has 42 heavy (non-hydrogen) atoms. The number of para-hydroxylation sites is 1. The summed E-state index contributed by atoms with van der Waals surface area (Å²) in [6.45, 7) is 4.99. The minimum atomic E-state index is -1.39. The molecule has 0 spiro atoms. The quantitative estimate of drug-likeness (QED) is 0.156. The van der Waals surface area contributed by atoms with Gasteiger partial charge in [-0.05, 0) is 80.0 Å². The van der Waals surface area contributed by atoms with Gasteiger partial charge in [0.2, 0.25) is 12.7 Å². The molecule has 0 bridgehead atoms. The van der Waals surface area contributed by atoms with Crippen molar-refractivity contribution < 1.29 is 19.3 Å². The van der Waals surface area contributed by atoms with Gasteiger partial charge in [0.15, 0.2) is 11.5 Å². The van der Waals surface area contributed by atoms with E-state index >= 15 is 0 Å². The number of fused-ring (bicyclic) bond motifs is 2. The number of hydrogen-bond donors (Lipinski definition) is 1. The molecule has 1 aliphatic rings. The van der Waals surface area contributed by atoms with Crippen LogP contribution in [0.4, 0.5) is 0 Å². The molecule has 0 unspecified atom stereocenters. The molecule has 0 aliphatic carbocycles. The molecule has 10 heteroatoms. The van der Waals surface area contributed by atoms with E-state index in [1.165, 1.54) is 0 Å². The Hall–Kier alpha value is -2.50. The van der Waals surface area contributed by atoms with E-state index in [4.69, 9.17) is 24.2 Å². The SMILES string of the molecule is CCSc1cc([C@](O)(CCN(C)C)[C@@H](c2cc3cc(Br)ccc3nc2OC)c2cccc3c2OCO3)cc(SCC)n1. The zero-order chi connectivity index (χ0) is 29.9. The highest BCUT2D eigenvalue weighted by atomic mass is 79.9. The Labute approximate surface area is 264 Å². The lowest BCUT2D eigenvalue weighted by Gasteiger charge is -2.39. The maximum absolute atomic E-state index is 13.3. The van der Waals surface area contributed by atoms with Crippen molar-refractivity contribution in [3.8, 4) is 17.4 Å². The smallest absolute Gasteiger partial charge is 0.231 e. The standard InChI is InChI=1S/C32H36BrN3O4S2/c1-6-41-27-17-21(18-28(35-27)42-7-2)32(37,13-14-36(3)4)29(23-9-8-10-26-30(23)40-19-39-26)24-16-20-15-22(33)11-12-25(20)34-31(24)38-5/h8-12,15-18,29,37H,6-7,13-14,19H2,1-5H3/t29-,32-/m1/s1. The van der Waals surface area contributed by atoms with Gasteiger partial charge in [0.05, 0.1) is 28.6 Å². The van der Waals surface area contributed by atoms with E-state index in [1.807, 2.05) is 62.6 Å². The van der Waals surface area contributed by atoms with Gasteiger partial charge in [-0.25, -0.2) is 9.97 Å². The molecule has 2 aromatic carbocycles. The number of rotatable bonds is 12. The lowest BCUT2D eigenvalue weighted by atomic mass is 9.71. The van der Waals surface area contributed by atoms with Gasteiger partial charge in [0.1, 0.15) is 5.60 Å². The Morgan fingerprint density at radius 1 is 1.00 bits per heavy atom. The van der Waals surface area contributed by atoms with Gasteiger partial charge in [-0.1, -0.05) is 41.9 Å². The van der Waals surface area contributed by atoms with Gasteiger partial charge in [-0.3, -0.25) is 0 Å². The van der Waals surface area contributed by atoms with E-state index in [0.717, 1.165) is 53.6 Å². The first-order chi connectivity index (χ1) is 20.3. The number of aliphatic hydroxyl groups is 1. The number of nitrogens with zero attached hydrogens (tertiary/aromatic N) is 3. The van der Waals surface area contributed by atoms with Crippen LogP contribution >= 0.6 is 39.5 Å². The van der Waals surface area contributed by atoms with Crippen LogP contribution in [-0.4, -0.2) is 66.0 Å². The summed E-state index contributed by atoms with van der Waals surface area (Å²) in [7, 11) is 5.66. The first-order valence-corrected chi connectivity index (χ1v) is 16.7. The Morgan fingerprint density at radius 2 is 1.74 bits per heavy atom.